The van der Waals surface area contributed by atoms with Gasteiger partial charge in [-0.25, -0.2) is 0 Å². The van der Waals surface area contributed by atoms with E-state index >= 15 is 0 Å². The minimum atomic E-state index is -0.503. The lowest BCUT2D eigenvalue weighted by Crippen LogP contribution is -1.99. The van der Waals surface area contributed by atoms with E-state index in [1.54, 1.807) is 36.7 Å². The first-order valence-corrected chi connectivity index (χ1v) is 6.66. The Kier molecular flexibility index (Phi) is 4.32. The summed E-state index contributed by atoms with van der Waals surface area (Å²) < 4.78 is 0. The Morgan fingerprint density at radius 1 is 1.21 bits per heavy atom. The summed E-state index contributed by atoms with van der Waals surface area (Å²) in [6.45, 7) is 1.97. The van der Waals surface area contributed by atoms with E-state index in [0.717, 1.165) is 22.9 Å². The highest BCUT2D eigenvalue weighted by molar-refractivity contribution is 8.14. The molecule has 0 radical (unpaired) electrons. The molecule has 3 nitrogen and oxygen atoms in total. The van der Waals surface area contributed by atoms with Gasteiger partial charge in [0.25, 0.3) is 0 Å². The summed E-state index contributed by atoms with van der Waals surface area (Å²) in [6.07, 6.45) is 3.24. The van der Waals surface area contributed by atoms with Gasteiger partial charge < -0.3 is 0 Å². The van der Waals surface area contributed by atoms with Crippen LogP contribution in [0.3, 0.4) is 0 Å². The Hall–Kier alpha value is -2.12. The van der Waals surface area contributed by atoms with E-state index in [-0.39, 0.29) is 5.12 Å². The summed E-state index contributed by atoms with van der Waals surface area (Å²) in [5, 5.41) is 8.58. The lowest BCUT2D eigenvalue weighted by molar-refractivity contribution is 0.108. The molecule has 1 atom stereocenters. The topological polar surface area (TPSA) is 53.8 Å². The lowest BCUT2D eigenvalue weighted by Gasteiger charge is -2.07. The zero-order chi connectivity index (χ0) is 13.7. The molecule has 0 bridgehead atoms. The molecular weight excluding hydrogens is 256 g/mol. The van der Waals surface area contributed by atoms with Gasteiger partial charge >= 0.3 is 0 Å². The lowest BCUT2D eigenvalue weighted by atomic mass is 10.2. The first-order chi connectivity index (χ1) is 9.20. The van der Waals surface area contributed by atoms with Crippen LogP contribution < -0.4 is 0 Å². The summed E-state index contributed by atoms with van der Waals surface area (Å²) in [6, 6.07) is 13.0. The third-order valence-electron chi connectivity index (χ3n) is 2.64. The summed E-state index contributed by atoms with van der Waals surface area (Å²) in [4.78, 5) is 16.0. The molecule has 0 amide bonds. The maximum atomic E-state index is 12.1. The van der Waals surface area contributed by atoms with Crippen LogP contribution in [-0.4, -0.2) is 10.1 Å². The fourth-order valence-electron chi connectivity index (χ4n) is 1.57. The van der Waals surface area contributed by atoms with Crippen molar-refractivity contribution < 1.29 is 4.79 Å². The van der Waals surface area contributed by atoms with Gasteiger partial charge in [0.15, 0.2) is 0 Å². The third-order valence-corrected chi connectivity index (χ3v) is 3.70. The fraction of sp³-hybridized carbons (Fsp3) is 0.133. The van der Waals surface area contributed by atoms with Crippen molar-refractivity contribution >= 4 is 16.9 Å². The average Bonchev–Trinajstić information content (AvgIpc) is 2.46. The van der Waals surface area contributed by atoms with Crippen molar-refractivity contribution in [3.63, 3.8) is 0 Å². The summed E-state index contributed by atoms with van der Waals surface area (Å²) in [5.41, 5.74) is 2.51. The van der Waals surface area contributed by atoms with Crippen LogP contribution in [0.1, 0.15) is 26.7 Å². The molecule has 2 aromatic rings. The zero-order valence-corrected chi connectivity index (χ0v) is 11.2. The highest BCUT2D eigenvalue weighted by Gasteiger charge is 2.17. The Morgan fingerprint density at radius 3 is 2.42 bits per heavy atom. The van der Waals surface area contributed by atoms with Crippen LogP contribution in [0.25, 0.3) is 0 Å². The molecule has 94 valence electrons. The summed E-state index contributed by atoms with van der Waals surface area (Å²) in [5.74, 6) is 0. The second-order valence-electron chi connectivity index (χ2n) is 4.06. The molecule has 0 saturated carbocycles. The molecule has 4 heteroatoms. The number of thioether (sulfide) groups is 1. The van der Waals surface area contributed by atoms with E-state index in [4.69, 9.17) is 0 Å². The molecule has 2 rings (SSSR count). The number of nitrogens with zero attached hydrogens (tertiary/aromatic N) is 2. The number of aromatic nitrogens is 1. The minimum Gasteiger partial charge on any atom is -0.282 e. The van der Waals surface area contributed by atoms with Crippen LogP contribution in [0.4, 0.5) is 0 Å². The number of carbonyl (C=O) groups excluding carboxylic acids is 1. The molecule has 19 heavy (non-hydrogen) atoms. The standard InChI is InChI=1S/C15H12N2OS/c1-11-2-4-13(5-3-11)15(18)19-14(10-16)12-6-8-17-9-7-12/h2-9,14H,1H3. The van der Waals surface area contributed by atoms with E-state index in [9.17, 15) is 10.1 Å². The number of pyridine rings is 1. The smallest absolute Gasteiger partial charge is 0.220 e. The number of benzene rings is 1. The van der Waals surface area contributed by atoms with Gasteiger partial charge in [-0.1, -0.05) is 41.6 Å². The largest absolute Gasteiger partial charge is 0.282 e. The van der Waals surface area contributed by atoms with Gasteiger partial charge in [-0.15, -0.1) is 0 Å². The van der Waals surface area contributed by atoms with Gasteiger partial charge in [0.1, 0.15) is 5.25 Å². The predicted molar refractivity (Wildman–Crippen MR) is 75.7 cm³/mol. The van der Waals surface area contributed by atoms with E-state index in [1.165, 1.54) is 0 Å². The third kappa shape index (κ3) is 3.43. The van der Waals surface area contributed by atoms with Crippen molar-refractivity contribution in [3.05, 3.63) is 65.5 Å². The first kappa shape index (κ1) is 13.3. The highest BCUT2D eigenvalue weighted by Crippen LogP contribution is 2.30. The van der Waals surface area contributed by atoms with Gasteiger partial charge in [-0.3, -0.25) is 9.78 Å². The monoisotopic (exact) mass is 268 g/mol. The van der Waals surface area contributed by atoms with Crippen LogP contribution in [0.15, 0.2) is 48.8 Å². The van der Waals surface area contributed by atoms with E-state index in [2.05, 4.69) is 11.1 Å². The van der Waals surface area contributed by atoms with Gasteiger partial charge in [-0.05, 0) is 24.6 Å². The number of carbonyl (C=O) groups is 1. The van der Waals surface area contributed by atoms with Crippen molar-refractivity contribution in [2.24, 2.45) is 0 Å². The number of hydrogen-bond donors (Lipinski definition) is 0. The van der Waals surface area contributed by atoms with Crippen molar-refractivity contribution in [2.45, 2.75) is 12.2 Å². The molecule has 0 aliphatic heterocycles. The highest BCUT2D eigenvalue weighted by atomic mass is 32.2. The minimum absolute atomic E-state index is 0.0941. The molecule has 0 N–H and O–H groups in total. The molecule has 0 fully saturated rings. The Bertz CT molecular complexity index is 602. The van der Waals surface area contributed by atoms with Crippen LogP contribution >= 0.6 is 11.8 Å². The normalized spacial score (nSPS) is 11.6. The maximum absolute atomic E-state index is 12.1. The second-order valence-corrected chi connectivity index (χ2v) is 5.14. The SMILES string of the molecule is Cc1ccc(C(=O)SC(C#N)c2ccncc2)cc1. The second kappa shape index (κ2) is 6.17. The number of nitriles is 1. The summed E-state index contributed by atoms with van der Waals surface area (Å²) >= 11 is 1.03. The molecule has 0 aliphatic rings. The van der Waals surface area contributed by atoms with E-state index in [1.807, 2.05) is 19.1 Å². The number of rotatable bonds is 3. The first-order valence-electron chi connectivity index (χ1n) is 5.78. The molecule has 1 aromatic carbocycles. The molecule has 0 saturated heterocycles. The average molecular weight is 268 g/mol. The van der Waals surface area contributed by atoms with Crippen LogP contribution in [-0.2, 0) is 0 Å². The maximum Gasteiger partial charge on any atom is 0.220 e. The Labute approximate surface area is 116 Å². The quantitative estimate of drug-likeness (QED) is 0.854. The molecule has 0 spiro atoms. The number of hydrogen-bond acceptors (Lipinski definition) is 4. The van der Waals surface area contributed by atoms with Crippen molar-refractivity contribution in [2.75, 3.05) is 0 Å². The Balaban J connectivity index is 2.13. The van der Waals surface area contributed by atoms with Crippen molar-refractivity contribution in [3.8, 4) is 6.07 Å². The van der Waals surface area contributed by atoms with Gasteiger partial charge in [0.2, 0.25) is 5.12 Å². The predicted octanol–water partition coefficient (Wildman–Crippen LogP) is 3.53. The van der Waals surface area contributed by atoms with E-state index in [0.29, 0.717) is 5.56 Å². The molecule has 1 aromatic heterocycles. The molecular formula is C15H12N2OS. The van der Waals surface area contributed by atoms with Gasteiger partial charge in [0, 0.05) is 18.0 Å². The van der Waals surface area contributed by atoms with Gasteiger partial charge in [0.05, 0.1) is 6.07 Å². The molecule has 0 aliphatic carbocycles. The van der Waals surface area contributed by atoms with Gasteiger partial charge in [-0.2, -0.15) is 5.26 Å². The van der Waals surface area contributed by atoms with E-state index < -0.39 is 5.25 Å². The van der Waals surface area contributed by atoms with Crippen LogP contribution in [0, 0.1) is 18.3 Å². The van der Waals surface area contributed by atoms with Crippen molar-refractivity contribution in [1.82, 2.24) is 4.98 Å². The number of aryl methyl sites for hydroxylation is 1. The van der Waals surface area contributed by atoms with Crippen molar-refractivity contribution in [1.29, 1.82) is 5.26 Å². The Morgan fingerprint density at radius 2 is 1.84 bits per heavy atom. The van der Waals surface area contributed by atoms with Crippen LogP contribution in [0.2, 0.25) is 0 Å². The molecule has 1 heterocycles. The zero-order valence-electron chi connectivity index (χ0n) is 10.4. The fourth-order valence-corrected chi connectivity index (χ4v) is 2.40. The van der Waals surface area contributed by atoms with Crippen LogP contribution in [0.5, 0.6) is 0 Å². The summed E-state index contributed by atoms with van der Waals surface area (Å²) in [7, 11) is 0. The molecule has 1 unspecified atom stereocenters.